The minimum atomic E-state index is -0.804. The second kappa shape index (κ2) is 6.00. The van der Waals surface area contributed by atoms with Crippen LogP contribution in [-0.2, 0) is 11.2 Å². The Morgan fingerprint density at radius 3 is 2.78 bits per heavy atom. The number of hydrogen-bond donors (Lipinski definition) is 2. The first-order valence-corrected chi connectivity index (χ1v) is 7.57. The zero-order valence-electron chi connectivity index (χ0n) is 11.8. The van der Waals surface area contributed by atoms with Crippen molar-refractivity contribution in [3.8, 4) is 22.6 Å². The molecule has 1 atom stereocenters. The van der Waals surface area contributed by atoms with Crippen molar-refractivity contribution in [2.24, 2.45) is 5.73 Å². The number of aromatic hydroxyl groups is 1. The van der Waals surface area contributed by atoms with E-state index in [-0.39, 0.29) is 45.7 Å². The zero-order valence-corrected chi connectivity index (χ0v) is 13.3. The highest BCUT2D eigenvalue weighted by atomic mass is 35.5. The van der Waals surface area contributed by atoms with Crippen LogP contribution in [-0.4, -0.2) is 23.5 Å². The van der Waals surface area contributed by atoms with Crippen molar-refractivity contribution in [1.82, 2.24) is 0 Å². The van der Waals surface area contributed by atoms with E-state index < -0.39 is 11.9 Å². The molecule has 0 aromatic heterocycles. The molecule has 0 fully saturated rings. The SMILES string of the molecule is NC[C@@H]1Oc2c(cc(F)cc2-c2c(Cl)ccc(O)c2Cl)CC1=O. The maximum atomic E-state index is 14.0. The van der Waals surface area contributed by atoms with Gasteiger partial charge in [-0.05, 0) is 24.3 Å². The highest BCUT2D eigenvalue weighted by Crippen LogP contribution is 2.46. The molecular formula is C16H12Cl2FNO3. The van der Waals surface area contributed by atoms with Gasteiger partial charge in [0.25, 0.3) is 0 Å². The predicted molar refractivity (Wildman–Crippen MR) is 85.7 cm³/mol. The van der Waals surface area contributed by atoms with Gasteiger partial charge >= 0.3 is 0 Å². The maximum absolute atomic E-state index is 14.0. The zero-order chi connectivity index (χ0) is 16.7. The van der Waals surface area contributed by atoms with Crippen molar-refractivity contribution in [2.45, 2.75) is 12.5 Å². The summed E-state index contributed by atoms with van der Waals surface area (Å²) in [6.07, 6.45) is -0.794. The van der Waals surface area contributed by atoms with Gasteiger partial charge in [-0.1, -0.05) is 23.2 Å². The van der Waals surface area contributed by atoms with Crippen LogP contribution >= 0.6 is 23.2 Å². The number of ketones is 1. The normalized spacial score (nSPS) is 16.9. The average molecular weight is 356 g/mol. The Balaban J connectivity index is 2.26. The van der Waals surface area contributed by atoms with Crippen LogP contribution in [0.4, 0.5) is 4.39 Å². The van der Waals surface area contributed by atoms with Crippen molar-refractivity contribution in [3.63, 3.8) is 0 Å². The van der Waals surface area contributed by atoms with Gasteiger partial charge < -0.3 is 15.6 Å². The molecule has 0 saturated heterocycles. The minimum Gasteiger partial charge on any atom is -0.506 e. The number of carbonyl (C=O) groups excluding carboxylic acids is 1. The van der Waals surface area contributed by atoms with E-state index in [9.17, 15) is 14.3 Å². The van der Waals surface area contributed by atoms with Gasteiger partial charge in [-0.25, -0.2) is 4.39 Å². The van der Waals surface area contributed by atoms with Gasteiger partial charge in [0.05, 0.1) is 10.0 Å². The number of phenols is 1. The number of fused-ring (bicyclic) bond motifs is 1. The number of carbonyl (C=O) groups is 1. The van der Waals surface area contributed by atoms with E-state index in [0.717, 1.165) is 0 Å². The van der Waals surface area contributed by atoms with Gasteiger partial charge in [-0.15, -0.1) is 0 Å². The Kier molecular flexibility index (Phi) is 4.19. The average Bonchev–Trinajstić information content (AvgIpc) is 2.50. The number of halogens is 3. The highest BCUT2D eigenvalue weighted by Gasteiger charge is 2.30. The van der Waals surface area contributed by atoms with Crippen molar-refractivity contribution in [1.29, 1.82) is 0 Å². The molecule has 1 heterocycles. The Bertz CT molecular complexity index is 810. The maximum Gasteiger partial charge on any atom is 0.179 e. The van der Waals surface area contributed by atoms with E-state index in [2.05, 4.69) is 0 Å². The Morgan fingerprint density at radius 1 is 1.35 bits per heavy atom. The van der Waals surface area contributed by atoms with Crippen molar-refractivity contribution in [3.05, 3.63) is 45.7 Å². The number of benzene rings is 2. The lowest BCUT2D eigenvalue weighted by Gasteiger charge is -2.26. The summed E-state index contributed by atoms with van der Waals surface area (Å²) in [7, 11) is 0. The van der Waals surface area contributed by atoms with Crippen LogP contribution in [0.3, 0.4) is 0 Å². The summed E-state index contributed by atoms with van der Waals surface area (Å²) >= 11 is 12.3. The smallest absolute Gasteiger partial charge is 0.179 e. The molecule has 2 aromatic rings. The lowest BCUT2D eigenvalue weighted by molar-refractivity contribution is -0.125. The van der Waals surface area contributed by atoms with Crippen LogP contribution < -0.4 is 10.5 Å². The van der Waals surface area contributed by atoms with E-state index in [1.807, 2.05) is 0 Å². The number of ether oxygens (including phenoxy) is 1. The molecule has 1 aliphatic heterocycles. The molecule has 7 heteroatoms. The first-order chi connectivity index (χ1) is 10.9. The largest absolute Gasteiger partial charge is 0.506 e. The van der Waals surface area contributed by atoms with E-state index in [1.165, 1.54) is 24.3 Å². The molecular weight excluding hydrogens is 344 g/mol. The second-order valence-electron chi connectivity index (χ2n) is 5.18. The molecule has 23 heavy (non-hydrogen) atoms. The predicted octanol–water partition coefficient (Wildman–Crippen LogP) is 3.34. The molecule has 0 bridgehead atoms. The van der Waals surface area contributed by atoms with E-state index >= 15 is 0 Å². The van der Waals surface area contributed by atoms with E-state index in [0.29, 0.717) is 11.3 Å². The second-order valence-corrected chi connectivity index (χ2v) is 5.97. The van der Waals surface area contributed by atoms with Gasteiger partial charge in [0.15, 0.2) is 11.9 Å². The van der Waals surface area contributed by atoms with E-state index in [4.69, 9.17) is 33.7 Å². The van der Waals surface area contributed by atoms with E-state index in [1.54, 1.807) is 0 Å². The number of hydrogen-bond acceptors (Lipinski definition) is 4. The molecule has 120 valence electrons. The van der Waals surface area contributed by atoms with Gasteiger partial charge in [0, 0.05) is 29.7 Å². The lowest BCUT2D eigenvalue weighted by atomic mass is 9.94. The molecule has 0 spiro atoms. The third-order valence-electron chi connectivity index (χ3n) is 3.67. The molecule has 0 radical (unpaired) electrons. The molecule has 0 amide bonds. The molecule has 3 rings (SSSR count). The van der Waals surface area contributed by atoms with Crippen molar-refractivity contribution in [2.75, 3.05) is 6.54 Å². The summed E-state index contributed by atoms with van der Waals surface area (Å²) in [6, 6.07) is 5.22. The standard InChI is InChI=1S/C16H12Cl2FNO3/c17-10-1-2-11(21)15(18)14(10)9-5-8(19)3-7-4-12(22)13(6-20)23-16(7)9/h1-3,5,13,21H,4,6,20H2/t13-/m0/s1. The third kappa shape index (κ3) is 2.76. The Hall–Kier alpha value is -1.82. The summed E-state index contributed by atoms with van der Waals surface area (Å²) in [6.45, 7) is 0.0105. The third-order valence-corrected chi connectivity index (χ3v) is 4.37. The summed E-state index contributed by atoms with van der Waals surface area (Å²) in [5, 5.41) is 10.0. The molecule has 3 N–H and O–H groups in total. The molecule has 0 unspecified atom stereocenters. The number of nitrogens with two attached hydrogens (primary N) is 1. The Labute approximate surface area is 141 Å². The van der Waals surface area contributed by atoms with Gasteiger partial charge in [-0.3, -0.25) is 4.79 Å². The molecule has 0 saturated carbocycles. The fraction of sp³-hybridized carbons (Fsp3) is 0.188. The summed E-state index contributed by atoms with van der Waals surface area (Å²) < 4.78 is 19.6. The van der Waals surface area contributed by atoms with Crippen LogP contribution in [0.15, 0.2) is 24.3 Å². The number of Topliss-reactive ketones (excluding diaryl/α,β-unsaturated/α-hetero) is 1. The minimum absolute atomic E-state index is 0.00993. The topological polar surface area (TPSA) is 72.6 Å². The molecule has 1 aliphatic rings. The van der Waals surface area contributed by atoms with Crippen molar-refractivity contribution >= 4 is 29.0 Å². The highest BCUT2D eigenvalue weighted by molar-refractivity contribution is 6.40. The fourth-order valence-electron chi connectivity index (χ4n) is 2.58. The van der Waals surface area contributed by atoms with Crippen molar-refractivity contribution < 1.29 is 19.0 Å². The number of phenolic OH excluding ortho intramolecular Hbond substituents is 1. The van der Waals surface area contributed by atoms with Gasteiger partial charge in [0.1, 0.15) is 17.3 Å². The molecule has 2 aromatic carbocycles. The summed E-state index contributed by atoms with van der Waals surface area (Å²) in [5.74, 6) is -0.663. The first-order valence-electron chi connectivity index (χ1n) is 6.81. The van der Waals surface area contributed by atoms with Crippen LogP contribution in [0.25, 0.3) is 11.1 Å². The summed E-state index contributed by atoms with van der Waals surface area (Å²) in [4.78, 5) is 11.9. The van der Waals surface area contributed by atoms with Gasteiger partial charge in [-0.2, -0.15) is 0 Å². The van der Waals surface area contributed by atoms with Crippen LogP contribution in [0.1, 0.15) is 5.56 Å². The quantitative estimate of drug-likeness (QED) is 0.866. The molecule has 0 aliphatic carbocycles. The monoisotopic (exact) mass is 355 g/mol. The Morgan fingerprint density at radius 2 is 2.09 bits per heavy atom. The summed E-state index contributed by atoms with van der Waals surface area (Å²) in [5.41, 5.74) is 6.45. The van der Waals surface area contributed by atoms with Crippen LogP contribution in [0, 0.1) is 5.82 Å². The van der Waals surface area contributed by atoms with Crippen LogP contribution in [0.5, 0.6) is 11.5 Å². The van der Waals surface area contributed by atoms with Gasteiger partial charge in [0.2, 0.25) is 0 Å². The number of rotatable bonds is 2. The lowest BCUT2D eigenvalue weighted by Crippen LogP contribution is -2.39. The fourth-order valence-corrected chi connectivity index (χ4v) is 3.16. The first kappa shape index (κ1) is 16.1. The molecule has 4 nitrogen and oxygen atoms in total. The van der Waals surface area contributed by atoms with Crippen LogP contribution in [0.2, 0.25) is 10.0 Å².